The molecule has 0 aliphatic carbocycles. The highest BCUT2D eigenvalue weighted by Crippen LogP contribution is 2.27. The maximum Gasteiger partial charge on any atom is 0.255 e. The van der Waals surface area contributed by atoms with Crippen molar-refractivity contribution >= 4 is 17.3 Å². The Morgan fingerprint density at radius 1 is 1.33 bits per heavy atom. The normalized spacial score (nSPS) is 18.7. The van der Waals surface area contributed by atoms with Crippen LogP contribution in [0.4, 0.5) is 11.4 Å². The smallest absolute Gasteiger partial charge is 0.255 e. The van der Waals surface area contributed by atoms with Gasteiger partial charge < -0.3 is 16.4 Å². The fraction of sp³-hybridized carbons (Fsp3) is 0.333. The van der Waals surface area contributed by atoms with Gasteiger partial charge in [0.25, 0.3) is 5.91 Å². The molecule has 3 rings (SSSR count). The Morgan fingerprint density at radius 3 is 2.90 bits per heavy atom. The van der Waals surface area contributed by atoms with Gasteiger partial charge in [-0.2, -0.15) is 5.10 Å². The molecule has 1 atom stereocenters. The number of nitrogens with zero attached hydrogens (tertiary/aromatic N) is 2. The van der Waals surface area contributed by atoms with Crippen molar-refractivity contribution in [3.63, 3.8) is 0 Å². The minimum atomic E-state index is -0.0308. The number of hydrogen-bond acceptors (Lipinski definition) is 4. The summed E-state index contributed by atoms with van der Waals surface area (Å²) in [6.45, 7) is 1.44. The van der Waals surface area contributed by atoms with Crippen molar-refractivity contribution in [1.29, 1.82) is 0 Å². The van der Waals surface area contributed by atoms with E-state index in [2.05, 4.69) is 10.2 Å². The number of piperidine rings is 1. The molecule has 0 saturated carbocycles. The van der Waals surface area contributed by atoms with Gasteiger partial charge in [-0.1, -0.05) is 0 Å². The molecule has 2 aromatic rings. The number of aromatic amines is 1. The van der Waals surface area contributed by atoms with Gasteiger partial charge in [-0.05, 0) is 37.1 Å². The summed E-state index contributed by atoms with van der Waals surface area (Å²) >= 11 is 0. The van der Waals surface area contributed by atoms with Gasteiger partial charge in [0.15, 0.2) is 0 Å². The van der Waals surface area contributed by atoms with E-state index < -0.39 is 0 Å². The van der Waals surface area contributed by atoms with E-state index in [1.54, 1.807) is 24.4 Å². The van der Waals surface area contributed by atoms with Crippen LogP contribution in [0.3, 0.4) is 0 Å². The first-order chi connectivity index (χ1) is 10.1. The lowest BCUT2D eigenvalue weighted by Gasteiger charge is -2.32. The van der Waals surface area contributed by atoms with Gasteiger partial charge in [0.1, 0.15) is 0 Å². The van der Waals surface area contributed by atoms with E-state index in [4.69, 9.17) is 11.5 Å². The van der Waals surface area contributed by atoms with Crippen LogP contribution in [0.5, 0.6) is 0 Å². The van der Waals surface area contributed by atoms with Gasteiger partial charge >= 0.3 is 0 Å². The van der Waals surface area contributed by atoms with Crippen molar-refractivity contribution in [2.24, 2.45) is 0 Å². The molecule has 0 bridgehead atoms. The van der Waals surface area contributed by atoms with E-state index >= 15 is 0 Å². The molecule has 1 aromatic heterocycles. The monoisotopic (exact) mass is 285 g/mol. The number of likely N-dealkylation sites (tertiary alicyclic amines) is 1. The summed E-state index contributed by atoms with van der Waals surface area (Å²) in [6, 6.07) is 7.01. The molecule has 1 fully saturated rings. The number of nitrogens with one attached hydrogen (secondary N) is 1. The molecule has 1 aliphatic rings. The van der Waals surface area contributed by atoms with Gasteiger partial charge in [-0.15, -0.1) is 0 Å². The van der Waals surface area contributed by atoms with E-state index in [1.807, 2.05) is 11.0 Å². The third-order valence-electron chi connectivity index (χ3n) is 3.98. The van der Waals surface area contributed by atoms with Crippen molar-refractivity contribution in [3.8, 4) is 0 Å². The predicted molar refractivity (Wildman–Crippen MR) is 81.7 cm³/mol. The van der Waals surface area contributed by atoms with E-state index in [1.165, 1.54) is 0 Å². The molecular weight excluding hydrogens is 266 g/mol. The topological polar surface area (TPSA) is 101 Å². The molecule has 1 aromatic carbocycles. The minimum Gasteiger partial charge on any atom is -0.399 e. The number of nitrogen functional groups attached to an aromatic ring is 2. The quantitative estimate of drug-likeness (QED) is 0.729. The maximum absolute atomic E-state index is 12.6. The second-order valence-electron chi connectivity index (χ2n) is 5.45. The molecule has 0 radical (unpaired) electrons. The summed E-state index contributed by atoms with van der Waals surface area (Å²) in [6.07, 6.45) is 3.78. The van der Waals surface area contributed by atoms with E-state index in [0.717, 1.165) is 25.1 Å². The second-order valence-corrected chi connectivity index (χ2v) is 5.45. The molecule has 6 heteroatoms. The number of carbonyl (C=O) groups is 1. The molecule has 5 N–H and O–H groups in total. The lowest BCUT2D eigenvalue weighted by Crippen LogP contribution is -2.39. The highest BCUT2D eigenvalue weighted by Gasteiger charge is 2.27. The van der Waals surface area contributed by atoms with Crippen LogP contribution in [0.25, 0.3) is 0 Å². The van der Waals surface area contributed by atoms with E-state index in [-0.39, 0.29) is 5.91 Å². The lowest BCUT2D eigenvalue weighted by atomic mass is 9.94. The Balaban J connectivity index is 1.78. The maximum atomic E-state index is 12.6. The van der Waals surface area contributed by atoms with Crippen molar-refractivity contribution in [2.45, 2.75) is 18.8 Å². The largest absolute Gasteiger partial charge is 0.399 e. The minimum absolute atomic E-state index is 0.0308. The Labute approximate surface area is 123 Å². The SMILES string of the molecule is Nc1ccc(C(=O)N2CCCC(c3ccn[nH]3)C2)c(N)c1. The van der Waals surface area contributed by atoms with Crippen molar-refractivity contribution in [2.75, 3.05) is 24.6 Å². The van der Waals surface area contributed by atoms with Crippen molar-refractivity contribution < 1.29 is 4.79 Å². The van der Waals surface area contributed by atoms with Crippen molar-refractivity contribution in [3.05, 3.63) is 41.7 Å². The van der Waals surface area contributed by atoms with Crippen LogP contribution in [-0.2, 0) is 0 Å². The Morgan fingerprint density at radius 2 is 2.19 bits per heavy atom. The average Bonchev–Trinajstić information content (AvgIpc) is 3.01. The number of benzene rings is 1. The molecule has 1 saturated heterocycles. The molecule has 2 heterocycles. The summed E-state index contributed by atoms with van der Waals surface area (Å²) < 4.78 is 0. The van der Waals surface area contributed by atoms with Gasteiger partial charge in [-0.3, -0.25) is 9.89 Å². The Hall–Kier alpha value is -2.50. The van der Waals surface area contributed by atoms with Crippen LogP contribution in [0.1, 0.15) is 34.8 Å². The van der Waals surface area contributed by atoms with Crippen molar-refractivity contribution in [1.82, 2.24) is 15.1 Å². The van der Waals surface area contributed by atoms with Crippen LogP contribution in [-0.4, -0.2) is 34.1 Å². The molecule has 21 heavy (non-hydrogen) atoms. The van der Waals surface area contributed by atoms with E-state index in [9.17, 15) is 4.79 Å². The summed E-state index contributed by atoms with van der Waals surface area (Å²) in [5, 5.41) is 6.98. The fourth-order valence-corrected chi connectivity index (χ4v) is 2.86. The first-order valence-corrected chi connectivity index (χ1v) is 7.08. The first-order valence-electron chi connectivity index (χ1n) is 7.08. The molecule has 1 aliphatic heterocycles. The zero-order valence-electron chi connectivity index (χ0n) is 11.7. The zero-order valence-corrected chi connectivity index (χ0v) is 11.7. The number of H-pyrrole nitrogens is 1. The first kappa shape index (κ1) is 13.5. The van der Waals surface area contributed by atoms with Crippen LogP contribution in [0, 0.1) is 0 Å². The molecule has 1 amide bonds. The number of hydrogen-bond donors (Lipinski definition) is 3. The number of aromatic nitrogens is 2. The van der Waals surface area contributed by atoms with Gasteiger partial charge in [0.2, 0.25) is 0 Å². The molecule has 0 spiro atoms. The summed E-state index contributed by atoms with van der Waals surface area (Å²) in [7, 11) is 0. The molecular formula is C15H19N5O. The predicted octanol–water partition coefficient (Wildman–Crippen LogP) is 1.59. The van der Waals surface area contributed by atoms with Crippen LogP contribution < -0.4 is 11.5 Å². The van der Waals surface area contributed by atoms with Gasteiger partial charge in [0, 0.05) is 42.3 Å². The summed E-state index contributed by atoms with van der Waals surface area (Å²) in [5.41, 5.74) is 14.2. The number of amides is 1. The summed E-state index contributed by atoms with van der Waals surface area (Å²) in [5.74, 6) is 0.275. The highest BCUT2D eigenvalue weighted by atomic mass is 16.2. The van der Waals surface area contributed by atoms with E-state index in [0.29, 0.717) is 29.4 Å². The third kappa shape index (κ3) is 2.69. The lowest BCUT2D eigenvalue weighted by molar-refractivity contribution is 0.0707. The Kier molecular flexibility index (Phi) is 3.51. The number of nitrogens with two attached hydrogens (primary N) is 2. The number of rotatable bonds is 2. The third-order valence-corrected chi connectivity index (χ3v) is 3.98. The van der Waals surface area contributed by atoms with Crippen LogP contribution in [0.2, 0.25) is 0 Å². The van der Waals surface area contributed by atoms with Crippen LogP contribution in [0.15, 0.2) is 30.5 Å². The van der Waals surface area contributed by atoms with Gasteiger partial charge in [-0.25, -0.2) is 0 Å². The zero-order chi connectivity index (χ0) is 14.8. The highest BCUT2D eigenvalue weighted by molar-refractivity contribution is 5.99. The standard InChI is InChI=1S/C15H19N5O/c16-11-3-4-12(13(17)8-11)15(21)20-7-1-2-10(9-20)14-5-6-18-19-14/h3-6,8,10H,1-2,7,9,16-17H2,(H,18,19). The van der Waals surface area contributed by atoms with Crippen LogP contribution >= 0.6 is 0 Å². The number of carbonyl (C=O) groups excluding carboxylic acids is 1. The summed E-state index contributed by atoms with van der Waals surface area (Å²) in [4.78, 5) is 14.5. The average molecular weight is 285 g/mol. The number of anilines is 2. The Bertz CT molecular complexity index is 638. The molecule has 110 valence electrons. The fourth-order valence-electron chi connectivity index (χ4n) is 2.86. The van der Waals surface area contributed by atoms with Gasteiger partial charge in [0.05, 0.1) is 5.56 Å². The molecule has 6 nitrogen and oxygen atoms in total. The molecule has 1 unspecified atom stereocenters. The second kappa shape index (κ2) is 5.47.